The van der Waals surface area contributed by atoms with Crippen molar-refractivity contribution in [3.8, 4) is 11.3 Å². The van der Waals surface area contributed by atoms with Crippen molar-refractivity contribution in [3.63, 3.8) is 0 Å². The normalized spacial score (nSPS) is 13.9. The van der Waals surface area contributed by atoms with Crippen molar-refractivity contribution < 1.29 is 4.79 Å². The van der Waals surface area contributed by atoms with E-state index in [1.54, 1.807) is 0 Å². The van der Waals surface area contributed by atoms with Gasteiger partial charge >= 0.3 is 6.03 Å². The Morgan fingerprint density at radius 1 is 0.879 bits per heavy atom. The molecule has 4 aromatic rings. The van der Waals surface area contributed by atoms with Crippen LogP contribution in [-0.2, 0) is 0 Å². The third kappa shape index (κ3) is 4.34. The van der Waals surface area contributed by atoms with E-state index in [1.807, 2.05) is 60.4 Å². The number of amides is 2. The fourth-order valence-corrected chi connectivity index (χ4v) is 4.34. The highest BCUT2D eigenvalue weighted by molar-refractivity contribution is 6.31. The van der Waals surface area contributed by atoms with Gasteiger partial charge in [-0.3, -0.25) is 0 Å². The standard InChI is InChI=1S/C26H24ClN5O/c1-18-22(27)10-5-11-23(18)28-26(33)32-16-14-31(15-17-32)25-13-12-24(29-30-25)21-9-4-7-19-6-2-3-8-20(19)21/h2-13H,14-17H2,1H3,(H,28,33). The number of anilines is 2. The average Bonchev–Trinajstić information content (AvgIpc) is 2.87. The lowest BCUT2D eigenvalue weighted by Gasteiger charge is -2.35. The molecule has 0 atom stereocenters. The molecule has 1 aliphatic heterocycles. The van der Waals surface area contributed by atoms with Crippen molar-refractivity contribution in [3.05, 3.63) is 83.4 Å². The van der Waals surface area contributed by atoms with E-state index in [0.717, 1.165) is 33.7 Å². The van der Waals surface area contributed by atoms with Gasteiger partial charge in [-0.1, -0.05) is 60.1 Å². The average molecular weight is 458 g/mol. The van der Waals surface area contributed by atoms with Crippen molar-refractivity contribution in [1.82, 2.24) is 15.1 Å². The Labute approximate surface area is 197 Å². The van der Waals surface area contributed by atoms with Gasteiger partial charge in [0.2, 0.25) is 0 Å². The van der Waals surface area contributed by atoms with Crippen LogP contribution in [0.2, 0.25) is 5.02 Å². The van der Waals surface area contributed by atoms with E-state index in [4.69, 9.17) is 11.6 Å². The molecule has 5 rings (SSSR count). The summed E-state index contributed by atoms with van der Waals surface area (Å²) in [6.07, 6.45) is 0. The number of carbonyl (C=O) groups excluding carboxylic acids is 1. The minimum atomic E-state index is -0.114. The largest absolute Gasteiger partial charge is 0.352 e. The van der Waals surface area contributed by atoms with E-state index in [0.29, 0.717) is 31.2 Å². The number of carbonyl (C=O) groups is 1. The first-order valence-corrected chi connectivity index (χ1v) is 11.4. The van der Waals surface area contributed by atoms with Gasteiger partial charge in [0, 0.05) is 42.5 Å². The molecule has 1 aliphatic rings. The first-order valence-electron chi connectivity index (χ1n) is 11.0. The van der Waals surface area contributed by atoms with E-state index in [2.05, 4.69) is 44.7 Å². The maximum Gasteiger partial charge on any atom is 0.321 e. The summed E-state index contributed by atoms with van der Waals surface area (Å²) in [6, 6.07) is 23.9. The number of piperazine rings is 1. The summed E-state index contributed by atoms with van der Waals surface area (Å²) >= 11 is 6.16. The molecule has 1 N–H and O–H groups in total. The van der Waals surface area contributed by atoms with E-state index < -0.39 is 0 Å². The third-order valence-corrected chi connectivity index (χ3v) is 6.53. The Morgan fingerprint density at radius 2 is 1.64 bits per heavy atom. The van der Waals surface area contributed by atoms with Crippen LogP contribution in [0.15, 0.2) is 72.8 Å². The number of hydrogen-bond acceptors (Lipinski definition) is 4. The smallest absolute Gasteiger partial charge is 0.321 e. The number of benzene rings is 3. The van der Waals surface area contributed by atoms with Gasteiger partial charge in [0.05, 0.1) is 5.69 Å². The van der Waals surface area contributed by atoms with Crippen molar-refractivity contribution in [2.45, 2.75) is 6.92 Å². The lowest BCUT2D eigenvalue weighted by molar-refractivity contribution is 0.208. The van der Waals surface area contributed by atoms with Crippen LogP contribution in [0.4, 0.5) is 16.3 Å². The number of nitrogens with one attached hydrogen (secondary N) is 1. The van der Waals surface area contributed by atoms with Crippen LogP contribution in [0, 0.1) is 6.92 Å². The summed E-state index contributed by atoms with van der Waals surface area (Å²) in [5, 5.41) is 15.0. The molecule has 2 amide bonds. The molecule has 0 saturated carbocycles. The minimum Gasteiger partial charge on any atom is -0.352 e. The molecule has 0 spiro atoms. The summed E-state index contributed by atoms with van der Waals surface area (Å²) < 4.78 is 0. The zero-order chi connectivity index (χ0) is 22.8. The maximum atomic E-state index is 12.7. The zero-order valence-corrected chi connectivity index (χ0v) is 19.1. The van der Waals surface area contributed by atoms with Crippen LogP contribution in [0.25, 0.3) is 22.0 Å². The SMILES string of the molecule is Cc1c(Cl)cccc1NC(=O)N1CCN(c2ccc(-c3cccc4ccccc34)nn2)CC1. The molecular formula is C26H24ClN5O. The predicted octanol–water partition coefficient (Wildman–Crippen LogP) is 5.61. The summed E-state index contributed by atoms with van der Waals surface area (Å²) in [6.45, 7) is 4.52. The van der Waals surface area contributed by atoms with Gasteiger partial charge in [0.15, 0.2) is 5.82 Å². The Hall–Kier alpha value is -3.64. The lowest BCUT2D eigenvalue weighted by Crippen LogP contribution is -2.50. The van der Waals surface area contributed by atoms with Crippen molar-refractivity contribution in [2.24, 2.45) is 0 Å². The van der Waals surface area contributed by atoms with Gasteiger partial charge in [-0.05, 0) is 47.5 Å². The van der Waals surface area contributed by atoms with Crippen molar-refractivity contribution in [1.29, 1.82) is 0 Å². The molecule has 1 fully saturated rings. The summed E-state index contributed by atoms with van der Waals surface area (Å²) in [5.74, 6) is 0.824. The van der Waals surface area contributed by atoms with Gasteiger partial charge in [-0.25, -0.2) is 4.79 Å². The third-order valence-electron chi connectivity index (χ3n) is 6.12. The molecule has 2 heterocycles. The molecule has 33 heavy (non-hydrogen) atoms. The molecule has 0 bridgehead atoms. The predicted molar refractivity (Wildman–Crippen MR) is 134 cm³/mol. The number of rotatable bonds is 3. The quantitative estimate of drug-likeness (QED) is 0.434. The maximum absolute atomic E-state index is 12.7. The van der Waals surface area contributed by atoms with E-state index in [9.17, 15) is 4.79 Å². The van der Waals surface area contributed by atoms with Crippen molar-refractivity contribution >= 4 is 39.9 Å². The fraction of sp³-hybridized carbons (Fsp3) is 0.192. The number of fused-ring (bicyclic) bond motifs is 1. The first kappa shape index (κ1) is 21.2. The van der Waals surface area contributed by atoms with Gasteiger partial charge in [-0.2, -0.15) is 0 Å². The van der Waals surface area contributed by atoms with Gasteiger partial charge in [0.25, 0.3) is 0 Å². The molecule has 1 saturated heterocycles. The second-order valence-corrected chi connectivity index (χ2v) is 8.53. The second kappa shape index (κ2) is 9.08. The van der Waals surface area contributed by atoms with Gasteiger partial charge < -0.3 is 15.1 Å². The monoisotopic (exact) mass is 457 g/mol. The molecule has 6 nitrogen and oxygen atoms in total. The second-order valence-electron chi connectivity index (χ2n) is 8.12. The van der Waals surface area contributed by atoms with Crippen LogP contribution in [0.5, 0.6) is 0 Å². The summed E-state index contributed by atoms with van der Waals surface area (Å²) in [7, 11) is 0. The molecule has 3 aromatic carbocycles. The van der Waals surface area contributed by atoms with E-state index >= 15 is 0 Å². The molecule has 7 heteroatoms. The van der Waals surface area contributed by atoms with Crippen LogP contribution < -0.4 is 10.2 Å². The van der Waals surface area contributed by atoms with E-state index in [-0.39, 0.29) is 6.03 Å². The highest BCUT2D eigenvalue weighted by atomic mass is 35.5. The molecular weight excluding hydrogens is 434 g/mol. The molecule has 0 radical (unpaired) electrons. The van der Waals surface area contributed by atoms with Crippen LogP contribution in [0.1, 0.15) is 5.56 Å². The number of nitrogens with zero attached hydrogens (tertiary/aromatic N) is 4. The lowest BCUT2D eigenvalue weighted by atomic mass is 10.0. The number of hydrogen-bond donors (Lipinski definition) is 1. The molecule has 166 valence electrons. The Balaban J connectivity index is 1.24. The highest BCUT2D eigenvalue weighted by Gasteiger charge is 2.23. The summed E-state index contributed by atoms with van der Waals surface area (Å²) in [4.78, 5) is 16.7. The Bertz CT molecular complexity index is 1290. The first-order chi connectivity index (χ1) is 16.1. The topological polar surface area (TPSA) is 61.4 Å². The molecule has 0 unspecified atom stereocenters. The minimum absolute atomic E-state index is 0.114. The summed E-state index contributed by atoms with van der Waals surface area (Å²) in [5.41, 5.74) is 3.54. The Kier molecular flexibility index (Phi) is 5.84. The number of halogens is 1. The zero-order valence-electron chi connectivity index (χ0n) is 18.3. The fourth-order valence-electron chi connectivity index (χ4n) is 4.16. The number of aromatic nitrogens is 2. The molecule has 1 aromatic heterocycles. The van der Waals surface area contributed by atoms with Gasteiger partial charge in [0.1, 0.15) is 0 Å². The Morgan fingerprint density at radius 3 is 2.42 bits per heavy atom. The van der Waals surface area contributed by atoms with Gasteiger partial charge in [-0.15, -0.1) is 10.2 Å². The van der Waals surface area contributed by atoms with Crippen LogP contribution in [-0.4, -0.2) is 47.3 Å². The van der Waals surface area contributed by atoms with Crippen LogP contribution >= 0.6 is 11.6 Å². The number of urea groups is 1. The van der Waals surface area contributed by atoms with E-state index in [1.165, 1.54) is 5.39 Å². The molecule has 0 aliphatic carbocycles. The van der Waals surface area contributed by atoms with Crippen LogP contribution in [0.3, 0.4) is 0 Å². The van der Waals surface area contributed by atoms with Crippen molar-refractivity contribution in [2.75, 3.05) is 36.4 Å². The highest BCUT2D eigenvalue weighted by Crippen LogP contribution is 2.28.